The largest absolute Gasteiger partial charge is 0.280 e. The molecule has 0 spiro atoms. The lowest BCUT2D eigenvalue weighted by atomic mass is 10.1. The van der Waals surface area contributed by atoms with E-state index >= 15 is 0 Å². The number of hydrogen-bond donors (Lipinski definition) is 0. The fraction of sp³-hybridized carbons (Fsp3) is 0.800. The number of halogens is 2. The molecule has 0 aromatic heterocycles. The Morgan fingerprint density at radius 3 is 1.86 bits per heavy atom. The minimum Gasteiger partial charge on any atom is -0.205 e. The van der Waals surface area contributed by atoms with Crippen molar-refractivity contribution >= 4 is 0 Å². The Hall–Kier alpha value is -0.270. The molecule has 0 bridgehead atoms. The number of hydrogen-bond acceptors (Lipinski definition) is 0. The summed E-state index contributed by atoms with van der Waals surface area (Å²) < 4.78 is 22.8. The van der Waals surface area contributed by atoms with Crippen LogP contribution in [0.1, 0.15) is 13.8 Å². The van der Waals surface area contributed by atoms with Gasteiger partial charge in [-0.3, -0.25) is 0 Å². The summed E-state index contributed by atoms with van der Waals surface area (Å²) in [5.74, 6) is -0.556. The molecule has 0 radical (unpaired) electrons. The summed E-state index contributed by atoms with van der Waals surface area (Å²) in [6, 6.07) is 0. The van der Waals surface area contributed by atoms with Crippen molar-refractivity contribution in [1.82, 2.24) is 0 Å². The van der Waals surface area contributed by atoms with Gasteiger partial charge in [-0.15, -0.1) is 0 Å². The lowest BCUT2D eigenvalue weighted by molar-refractivity contribution is 0.102. The summed E-state index contributed by atoms with van der Waals surface area (Å²) in [7, 11) is 0. The minimum atomic E-state index is -2.19. The molecule has 0 aliphatic heterocycles. The van der Waals surface area contributed by atoms with Crippen LogP contribution >= 0.6 is 0 Å². The van der Waals surface area contributed by atoms with E-state index in [2.05, 4.69) is 0 Å². The van der Waals surface area contributed by atoms with Crippen LogP contribution in [0.25, 0.3) is 0 Å². The Kier molecular flexibility index (Phi) is 2.72. The third-order valence-electron chi connectivity index (χ3n) is 0.923. The van der Waals surface area contributed by atoms with Crippen molar-refractivity contribution in [1.29, 1.82) is 0 Å². The second kappa shape index (κ2) is 2.83. The fourth-order valence-corrected chi connectivity index (χ4v) is 0.145. The predicted octanol–water partition coefficient (Wildman–Crippen LogP) is 2.11. The summed E-state index contributed by atoms with van der Waals surface area (Å²) in [6.07, 6.45) is -0.699. The second-order valence-electron chi connectivity index (χ2n) is 1.53. The molecule has 0 fully saturated rings. The molecule has 0 heterocycles. The van der Waals surface area contributed by atoms with Crippen LogP contribution in [0.15, 0.2) is 0 Å². The fourth-order valence-electron chi connectivity index (χ4n) is 0.145. The Labute approximate surface area is 42.5 Å². The highest BCUT2D eigenvalue weighted by atomic mass is 19.3. The number of rotatable bonds is 2. The van der Waals surface area contributed by atoms with Gasteiger partial charge in [-0.25, -0.2) is 8.78 Å². The normalized spacial score (nSPS) is 14.4. The Morgan fingerprint density at radius 2 is 1.86 bits per heavy atom. The van der Waals surface area contributed by atoms with Crippen LogP contribution in [-0.2, 0) is 0 Å². The van der Waals surface area contributed by atoms with Crippen molar-refractivity contribution in [2.45, 2.75) is 20.3 Å². The zero-order chi connectivity index (χ0) is 5.86. The van der Waals surface area contributed by atoms with Crippen LogP contribution in [-0.4, -0.2) is 6.43 Å². The van der Waals surface area contributed by atoms with Crippen LogP contribution in [0.5, 0.6) is 0 Å². The first-order valence-corrected chi connectivity index (χ1v) is 2.26. The Morgan fingerprint density at radius 1 is 1.43 bits per heavy atom. The van der Waals surface area contributed by atoms with Gasteiger partial charge in [0.1, 0.15) is 0 Å². The van der Waals surface area contributed by atoms with Crippen LogP contribution in [0.2, 0.25) is 0 Å². The molecule has 1 atom stereocenters. The quantitative estimate of drug-likeness (QED) is 0.474. The molecule has 0 aromatic carbocycles. The van der Waals surface area contributed by atoms with E-state index in [0.29, 0.717) is 0 Å². The third-order valence-corrected chi connectivity index (χ3v) is 0.923. The van der Waals surface area contributed by atoms with Crippen molar-refractivity contribution in [3.63, 3.8) is 0 Å². The van der Waals surface area contributed by atoms with Crippen LogP contribution < -0.4 is 0 Å². The van der Waals surface area contributed by atoms with Crippen LogP contribution in [0.3, 0.4) is 0 Å². The van der Waals surface area contributed by atoms with Crippen molar-refractivity contribution < 1.29 is 8.78 Å². The van der Waals surface area contributed by atoms with Gasteiger partial charge in [0.15, 0.2) is 5.92 Å². The lowest BCUT2D eigenvalue weighted by Gasteiger charge is -1.94. The van der Waals surface area contributed by atoms with Gasteiger partial charge in [-0.1, -0.05) is 0 Å². The topological polar surface area (TPSA) is 0 Å². The first kappa shape index (κ1) is 6.73. The summed E-state index contributed by atoms with van der Waals surface area (Å²) >= 11 is 0. The van der Waals surface area contributed by atoms with E-state index in [4.69, 9.17) is 0 Å². The van der Waals surface area contributed by atoms with E-state index in [9.17, 15) is 8.78 Å². The maximum atomic E-state index is 11.4. The molecule has 0 N–H and O–H groups in total. The van der Waals surface area contributed by atoms with E-state index in [1.165, 1.54) is 13.3 Å². The van der Waals surface area contributed by atoms with Crippen molar-refractivity contribution in [3.05, 3.63) is 6.42 Å². The molecular formula is C5H9F2+. The molecule has 7 heavy (non-hydrogen) atoms. The molecule has 0 saturated carbocycles. The average molecular weight is 107 g/mol. The standard InChI is InChI=1S/C5H9F2/c1-3-4(2)5(6)7/h3-5H,1-2H3/q+1. The van der Waals surface area contributed by atoms with Crippen molar-refractivity contribution in [3.8, 4) is 0 Å². The summed E-state index contributed by atoms with van der Waals surface area (Å²) in [4.78, 5) is 0. The predicted molar refractivity (Wildman–Crippen MR) is 25.1 cm³/mol. The molecule has 1 unspecified atom stereocenters. The molecule has 0 nitrogen and oxygen atoms in total. The smallest absolute Gasteiger partial charge is 0.205 e. The monoisotopic (exact) mass is 107 g/mol. The van der Waals surface area contributed by atoms with Gasteiger partial charge < -0.3 is 0 Å². The molecule has 0 saturated heterocycles. The highest BCUT2D eigenvalue weighted by molar-refractivity contribution is 4.67. The summed E-state index contributed by atoms with van der Waals surface area (Å²) in [5, 5.41) is 0. The van der Waals surface area contributed by atoms with E-state index in [-0.39, 0.29) is 0 Å². The van der Waals surface area contributed by atoms with E-state index in [1.54, 1.807) is 6.92 Å². The van der Waals surface area contributed by atoms with Crippen LogP contribution in [0, 0.1) is 12.3 Å². The maximum Gasteiger partial charge on any atom is 0.280 e. The van der Waals surface area contributed by atoms with E-state index < -0.39 is 12.3 Å². The van der Waals surface area contributed by atoms with Gasteiger partial charge in [-0.2, -0.15) is 0 Å². The van der Waals surface area contributed by atoms with Crippen molar-refractivity contribution in [2.75, 3.05) is 0 Å². The molecule has 0 aromatic rings. The molecule has 0 amide bonds. The van der Waals surface area contributed by atoms with Gasteiger partial charge in [0, 0.05) is 0 Å². The highest BCUT2D eigenvalue weighted by Crippen LogP contribution is 2.09. The molecule has 2 heteroatoms. The molecular weight excluding hydrogens is 98.1 g/mol. The van der Waals surface area contributed by atoms with E-state index in [1.807, 2.05) is 0 Å². The molecule has 42 valence electrons. The molecule has 0 aliphatic carbocycles. The lowest BCUT2D eigenvalue weighted by Crippen LogP contribution is -2.04. The maximum absolute atomic E-state index is 11.4. The van der Waals surface area contributed by atoms with Gasteiger partial charge >= 0.3 is 0 Å². The average Bonchev–Trinajstić information content (AvgIpc) is 1.65. The zero-order valence-corrected chi connectivity index (χ0v) is 4.49. The van der Waals surface area contributed by atoms with E-state index in [0.717, 1.165) is 0 Å². The van der Waals surface area contributed by atoms with Gasteiger partial charge in [0.25, 0.3) is 6.43 Å². The summed E-state index contributed by atoms with van der Waals surface area (Å²) in [6.45, 7) is 3.13. The molecule has 0 aliphatic rings. The first-order valence-electron chi connectivity index (χ1n) is 2.26. The van der Waals surface area contributed by atoms with Gasteiger partial charge in [-0.05, 0) is 6.92 Å². The SMILES string of the molecule is C[CH+]C(C)C(F)F. The number of alkyl halides is 2. The third kappa shape index (κ3) is 2.43. The Bertz CT molecular complexity index is 43.3. The summed E-state index contributed by atoms with van der Waals surface area (Å²) in [5.41, 5.74) is 0. The first-order chi connectivity index (χ1) is 3.18. The highest BCUT2D eigenvalue weighted by Gasteiger charge is 2.18. The van der Waals surface area contributed by atoms with Gasteiger partial charge in [0.2, 0.25) is 0 Å². The van der Waals surface area contributed by atoms with Crippen molar-refractivity contribution in [2.24, 2.45) is 5.92 Å². The van der Waals surface area contributed by atoms with Crippen LogP contribution in [0.4, 0.5) is 8.78 Å². The van der Waals surface area contributed by atoms with Gasteiger partial charge in [0.05, 0.1) is 13.3 Å². The minimum absolute atomic E-state index is 0.556. The second-order valence-corrected chi connectivity index (χ2v) is 1.53. The zero-order valence-electron chi connectivity index (χ0n) is 4.49. The Balaban J connectivity index is 3.14. The molecule has 0 rings (SSSR count).